The molecule has 1 atom stereocenters. The van der Waals surface area contributed by atoms with Gasteiger partial charge in [-0.25, -0.2) is 4.79 Å². The van der Waals surface area contributed by atoms with Crippen molar-refractivity contribution < 1.29 is 19.4 Å². The molecule has 15 heavy (non-hydrogen) atoms. The summed E-state index contributed by atoms with van der Waals surface area (Å²) in [7, 11) is 1.20. The molecule has 0 radical (unpaired) electrons. The van der Waals surface area contributed by atoms with E-state index in [1.807, 2.05) is 6.92 Å². The minimum Gasteiger partial charge on any atom is -0.467 e. The minimum atomic E-state index is -1.70. The number of methoxy groups -OCH3 is 1. The van der Waals surface area contributed by atoms with Crippen LogP contribution in [0.4, 0.5) is 0 Å². The molecule has 0 aliphatic heterocycles. The fourth-order valence-corrected chi connectivity index (χ4v) is 1.76. The molecule has 0 aromatic carbocycles. The van der Waals surface area contributed by atoms with Crippen molar-refractivity contribution in [3.05, 3.63) is 0 Å². The Labute approximate surface area is 94.4 Å². The first-order valence-corrected chi connectivity index (χ1v) is 5.83. The fraction of sp³-hybridized carbons (Fsp3) is 0.800. The van der Waals surface area contributed by atoms with Crippen LogP contribution >= 0.6 is 11.8 Å². The highest BCUT2D eigenvalue weighted by Gasteiger charge is 2.42. The number of esters is 1. The van der Waals surface area contributed by atoms with Gasteiger partial charge in [0.05, 0.1) is 13.5 Å². The summed E-state index contributed by atoms with van der Waals surface area (Å²) >= 11 is 1.10. The molecule has 1 N–H and O–H groups in total. The van der Waals surface area contributed by atoms with Crippen molar-refractivity contribution >= 4 is 22.8 Å². The molecule has 0 aliphatic carbocycles. The van der Waals surface area contributed by atoms with Crippen LogP contribution in [0.15, 0.2) is 0 Å². The van der Waals surface area contributed by atoms with Crippen molar-refractivity contribution in [2.75, 3.05) is 12.9 Å². The topological polar surface area (TPSA) is 63.6 Å². The third kappa shape index (κ3) is 3.83. The number of hydrogen-bond donors (Lipinski definition) is 1. The fourth-order valence-electron chi connectivity index (χ4n) is 1.12. The zero-order valence-corrected chi connectivity index (χ0v) is 10.4. The molecule has 0 aromatic heterocycles. The van der Waals surface area contributed by atoms with E-state index >= 15 is 0 Å². The molecule has 0 amide bonds. The molecule has 0 saturated carbocycles. The van der Waals surface area contributed by atoms with Gasteiger partial charge in [0.25, 0.3) is 0 Å². The quantitative estimate of drug-likeness (QED) is 0.724. The van der Waals surface area contributed by atoms with Crippen molar-refractivity contribution in [2.24, 2.45) is 5.92 Å². The highest BCUT2D eigenvalue weighted by Crippen LogP contribution is 2.25. The lowest BCUT2D eigenvalue weighted by Crippen LogP contribution is -2.46. The van der Waals surface area contributed by atoms with Gasteiger partial charge in [-0.1, -0.05) is 32.5 Å². The van der Waals surface area contributed by atoms with E-state index in [9.17, 15) is 14.7 Å². The Morgan fingerprint density at radius 3 is 2.33 bits per heavy atom. The minimum absolute atomic E-state index is 0.195. The van der Waals surface area contributed by atoms with E-state index in [1.165, 1.54) is 7.11 Å². The molecular formula is C10H18O4S. The third-order valence-corrected chi connectivity index (χ3v) is 2.97. The van der Waals surface area contributed by atoms with Crippen molar-refractivity contribution in [1.29, 1.82) is 0 Å². The Balaban J connectivity index is 4.66. The van der Waals surface area contributed by atoms with Crippen LogP contribution in [-0.4, -0.2) is 34.7 Å². The SMILES string of the molecule is CCSC(=O)C[C@@](O)(C(=O)OC)C(C)C. The first kappa shape index (κ1) is 14.5. The number of carbonyl (C=O) groups is 2. The lowest BCUT2D eigenvalue weighted by Gasteiger charge is -2.28. The maximum atomic E-state index is 11.4. The van der Waals surface area contributed by atoms with Gasteiger partial charge in [-0.15, -0.1) is 0 Å². The van der Waals surface area contributed by atoms with E-state index in [4.69, 9.17) is 0 Å². The average molecular weight is 234 g/mol. The highest BCUT2D eigenvalue weighted by atomic mass is 32.2. The molecule has 5 heteroatoms. The zero-order chi connectivity index (χ0) is 12.1. The smallest absolute Gasteiger partial charge is 0.338 e. The number of carbonyl (C=O) groups excluding carboxylic acids is 2. The Bertz CT molecular complexity index is 240. The second kappa shape index (κ2) is 6.12. The summed E-state index contributed by atoms with van der Waals surface area (Å²) in [5, 5.41) is 9.85. The van der Waals surface area contributed by atoms with Crippen LogP contribution < -0.4 is 0 Å². The van der Waals surface area contributed by atoms with Crippen molar-refractivity contribution in [3.63, 3.8) is 0 Å². The van der Waals surface area contributed by atoms with E-state index in [1.54, 1.807) is 13.8 Å². The molecule has 0 unspecified atom stereocenters. The van der Waals surface area contributed by atoms with Crippen LogP contribution in [0.5, 0.6) is 0 Å². The molecule has 0 heterocycles. The molecule has 0 spiro atoms. The van der Waals surface area contributed by atoms with Gasteiger partial charge in [0.15, 0.2) is 10.7 Å². The second-order valence-corrected chi connectivity index (χ2v) is 4.87. The van der Waals surface area contributed by atoms with E-state index < -0.39 is 11.6 Å². The summed E-state index contributed by atoms with van der Waals surface area (Å²) in [5.74, 6) is -0.470. The summed E-state index contributed by atoms with van der Waals surface area (Å²) in [4.78, 5) is 22.8. The van der Waals surface area contributed by atoms with Crippen LogP contribution in [0.1, 0.15) is 27.2 Å². The summed E-state index contributed by atoms with van der Waals surface area (Å²) in [6.45, 7) is 5.21. The van der Waals surface area contributed by atoms with Gasteiger partial charge in [-0.2, -0.15) is 0 Å². The zero-order valence-electron chi connectivity index (χ0n) is 9.57. The van der Waals surface area contributed by atoms with Crippen molar-refractivity contribution in [3.8, 4) is 0 Å². The van der Waals surface area contributed by atoms with E-state index in [-0.39, 0.29) is 17.5 Å². The first-order valence-electron chi connectivity index (χ1n) is 4.84. The van der Waals surface area contributed by atoms with Gasteiger partial charge in [0, 0.05) is 0 Å². The van der Waals surface area contributed by atoms with Gasteiger partial charge in [0.1, 0.15) is 0 Å². The number of aliphatic hydroxyl groups is 1. The molecule has 0 fully saturated rings. The molecule has 0 aromatic rings. The molecule has 0 aliphatic rings. The number of hydrogen-bond acceptors (Lipinski definition) is 5. The van der Waals surface area contributed by atoms with Crippen LogP contribution in [-0.2, 0) is 14.3 Å². The number of thioether (sulfide) groups is 1. The van der Waals surface area contributed by atoms with Crippen LogP contribution in [0, 0.1) is 5.92 Å². The standard InChI is InChI=1S/C10H18O4S/c1-5-15-8(11)6-10(13,7(2)3)9(12)14-4/h7,13H,5-6H2,1-4H3/t10-/m0/s1. The third-order valence-electron chi connectivity index (χ3n) is 2.21. The second-order valence-electron chi connectivity index (χ2n) is 3.55. The molecule has 0 bridgehead atoms. The number of ether oxygens (including phenoxy) is 1. The lowest BCUT2D eigenvalue weighted by molar-refractivity contribution is -0.169. The van der Waals surface area contributed by atoms with Crippen molar-refractivity contribution in [1.82, 2.24) is 0 Å². The van der Waals surface area contributed by atoms with Gasteiger partial charge in [-0.05, 0) is 11.7 Å². The monoisotopic (exact) mass is 234 g/mol. The van der Waals surface area contributed by atoms with Crippen molar-refractivity contribution in [2.45, 2.75) is 32.8 Å². The van der Waals surface area contributed by atoms with Crippen LogP contribution in [0.3, 0.4) is 0 Å². The number of rotatable bonds is 5. The van der Waals surface area contributed by atoms with Gasteiger partial charge in [-0.3, -0.25) is 4.79 Å². The van der Waals surface area contributed by atoms with Gasteiger partial charge in [0.2, 0.25) is 0 Å². The van der Waals surface area contributed by atoms with E-state index in [0.29, 0.717) is 5.75 Å². The maximum absolute atomic E-state index is 11.4. The van der Waals surface area contributed by atoms with Crippen LogP contribution in [0.2, 0.25) is 0 Å². The predicted molar refractivity (Wildman–Crippen MR) is 59.6 cm³/mol. The van der Waals surface area contributed by atoms with Gasteiger partial charge >= 0.3 is 5.97 Å². The Morgan fingerprint density at radius 1 is 1.47 bits per heavy atom. The van der Waals surface area contributed by atoms with E-state index in [2.05, 4.69) is 4.74 Å². The highest BCUT2D eigenvalue weighted by molar-refractivity contribution is 8.13. The lowest BCUT2D eigenvalue weighted by atomic mass is 9.87. The summed E-state index contributed by atoms with van der Waals surface area (Å²) in [5.41, 5.74) is -1.70. The maximum Gasteiger partial charge on any atom is 0.338 e. The van der Waals surface area contributed by atoms with E-state index in [0.717, 1.165) is 11.8 Å². The largest absolute Gasteiger partial charge is 0.467 e. The molecule has 0 rings (SSSR count). The predicted octanol–water partition coefficient (Wildman–Crippen LogP) is 1.22. The normalized spacial score (nSPS) is 14.8. The molecular weight excluding hydrogens is 216 g/mol. The Kier molecular flexibility index (Phi) is 5.90. The summed E-state index contributed by atoms with van der Waals surface area (Å²) in [6.07, 6.45) is -0.199. The Hall–Kier alpha value is -0.550. The summed E-state index contributed by atoms with van der Waals surface area (Å²) < 4.78 is 4.51. The Morgan fingerprint density at radius 2 is 2.00 bits per heavy atom. The van der Waals surface area contributed by atoms with Crippen LogP contribution in [0.25, 0.3) is 0 Å². The first-order chi connectivity index (χ1) is 6.88. The molecule has 4 nitrogen and oxygen atoms in total. The average Bonchev–Trinajstić information content (AvgIpc) is 2.16. The molecule has 0 saturated heterocycles. The van der Waals surface area contributed by atoms with Gasteiger partial charge < -0.3 is 9.84 Å². The summed E-state index contributed by atoms with van der Waals surface area (Å²) in [6, 6.07) is 0. The molecule has 88 valence electrons.